The van der Waals surface area contributed by atoms with Gasteiger partial charge in [-0.25, -0.2) is 14.0 Å². The van der Waals surface area contributed by atoms with Crippen LogP contribution in [-0.4, -0.2) is 45.5 Å². The third-order valence-corrected chi connectivity index (χ3v) is 14.2. The molecular formula is C37H48FNO7. The minimum absolute atomic E-state index is 0.0122. The molecule has 0 heterocycles. The fraction of sp³-hybridized carbons (Fsp3) is 0.676. The van der Waals surface area contributed by atoms with Crippen molar-refractivity contribution in [2.75, 3.05) is 0 Å². The van der Waals surface area contributed by atoms with Gasteiger partial charge in [0.1, 0.15) is 11.9 Å². The lowest BCUT2D eigenvalue weighted by Gasteiger charge is -2.70. The minimum Gasteiger partial charge on any atom is -0.481 e. The van der Waals surface area contributed by atoms with E-state index >= 15 is 0 Å². The van der Waals surface area contributed by atoms with E-state index in [4.69, 9.17) is 10.5 Å². The van der Waals surface area contributed by atoms with E-state index in [0.29, 0.717) is 32.1 Å². The summed E-state index contributed by atoms with van der Waals surface area (Å²) in [5, 5.41) is 19.7. The van der Waals surface area contributed by atoms with Crippen LogP contribution in [0.2, 0.25) is 0 Å². The number of allylic oxidation sites excluding steroid dienone is 1. The molecule has 0 aliphatic heterocycles. The molecule has 4 saturated carbocycles. The SMILES string of the molecule is CC1(C)[C@@H](OC(=O)c2ccc(F)cc2C(=O)O)CC[C@]2(C)[C@H]3C(=O)C=C4[C@@H]5C[C@@](C)(C(=O)O)CC[C@]5(C)CC[C@@]4(N)[C@]3(C)CC[C@@H]12. The lowest BCUT2D eigenvalue weighted by Crippen LogP contribution is -2.72. The van der Waals surface area contributed by atoms with Crippen molar-refractivity contribution in [2.45, 2.75) is 111 Å². The predicted octanol–water partition coefficient (Wildman–Crippen LogP) is 6.81. The number of ketones is 1. The van der Waals surface area contributed by atoms with Crippen LogP contribution in [0.3, 0.4) is 0 Å². The largest absolute Gasteiger partial charge is 0.481 e. The van der Waals surface area contributed by atoms with E-state index in [1.165, 1.54) is 0 Å². The van der Waals surface area contributed by atoms with Gasteiger partial charge in [0.25, 0.3) is 0 Å². The minimum atomic E-state index is -1.41. The van der Waals surface area contributed by atoms with Crippen molar-refractivity contribution >= 4 is 23.7 Å². The number of carbonyl (C=O) groups is 4. The van der Waals surface area contributed by atoms with Crippen LogP contribution in [0.4, 0.5) is 4.39 Å². The van der Waals surface area contributed by atoms with Crippen molar-refractivity contribution in [2.24, 2.45) is 50.6 Å². The van der Waals surface area contributed by atoms with E-state index in [1.54, 1.807) is 0 Å². The second-order valence-corrected chi connectivity index (χ2v) is 16.9. The number of aromatic carboxylic acids is 1. The Bertz CT molecular complexity index is 1570. The number of carbonyl (C=O) groups excluding carboxylic acids is 2. The van der Waals surface area contributed by atoms with Crippen molar-refractivity contribution < 1.29 is 38.5 Å². The van der Waals surface area contributed by atoms with Gasteiger partial charge in [-0.3, -0.25) is 9.59 Å². The molecule has 0 bridgehead atoms. The Kier molecular flexibility index (Phi) is 7.29. The highest BCUT2D eigenvalue weighted by Crippen LogP contribution is 2.72. The summed E-state index contributed by atoms with van der Waals surface area (Å²) < 4.78 is 19.8. The number of rotatable bonds is 4. The van der Waals surface area contributed by atoms with Crippen LogP contribution in [0.15, 0.2) is 29.8 Å². The Morgan fingerprint density at radius 2 is 1.59 bits per heavy atom. The summed E-state index contributed by atoms with van der Waals surface area (Å²) in [4.78, 5) is 52.0. The van der Waals surface area contributed by atoms with Gasteiger partial charge in [0.2, 0.25) is 0 Å². The quantitative estimate of drug-likeness (QED) is 0.306. The molecule has 5 aliphatic rings. The van der Waals surface area contributed by atoms with E-state index in [2.05, 4.69) is 34.6 Å². The fourth-order valence-corrected chi connectivity index (χ4v) is 11.4. The number of nitrogens with two attached hydrogens (primary N) is 1. The van der Waals surface area contributed by atoms with Crippen LogP contribution in [-0.2, 0) is 14.3 Å². The van der Waals surface area contributed by atoms with Crippen LogP contribution in [0.5, 0.6) is 0 Å². The maximum absolute atomic E-state index is 14.5. The first-order valence-electron chi connectivity index (χ1n) is 16.8. The molecule has 0 aromatic heterocycles. The second-order valence-electron chi connectivity index (χ2n) is 16.9. The average molecular weight is 638 g/mol. The van der Waals surface area contributed by atoms with Crippen molar-refractivity contribution in [1.29, 1.82) is 0 Å². The van der Waals surface area contributed by atoms with E-state index in [9.17, 15) is 33.8 Å². The van der Waals surface area contributed by atoms with E-state index in [1.807, 2.05) is 13.0 Å². The van der Waals surface area contributed by atoms with E-state index in [0.717, 1.165) is 49.5 Å². The number of hydrogen-bond donors (Lipinski definition) is 3. The van der Waals surface area contributed by atoms with Gasteiger partial charge in [0.15, 0.2) is 5.78 Å². The lowest BCUT2D eigenvalue weighted by molar-refractivity contribution is -0.192. The molecule has 0 amide bonds. The summed E-state index contributed by atoms with van der Waals surface area (Å²) in [7, 11) is 0. The number of carboxylic acid groups (broad SMARTS) is 2. The molecule has 4 N–H and O–H groups in total. The molecule has 0 spiro atoms. The molecular weight excluding hydrogens is 589 g/mol. The van der Waals surface area contributed by atoms with Crippen LogP contribution < -0.4 is 5.73 Å². The Morgan fingerprint density at radius 1 is 0.913 bits per heavy atom. The molecule has 6 rings (SSSR count). The number of carboxylic acids is 2. The monoisotopic (exact) mass is 637 g/mol. The van der Waals surface area contributed by atoms with Crippen LogP contribution >= 0.6 is 0 Å². The number of benzene rings is 1. The lowest BCUT2D eigenvalue weighted by atomic mass is 9.35. The third-order valence-electron chi connectivity index (χ3n) is 14.2. The molecule has 5 aliphatic carbocycles. The number of halogens is 1. The fourth-order valence-electron chi connectivity index (χ4n) is 11.4. The van der Waals surface area contributed by atoms with Crippen LogP contribution in [0.1, 0.15) is 120 Å². The van der Waals surface area contributed by atoms with Gasteiger partial charge < -0.3 is 20.7 Å². The Labute approximate surface area is 270 Å². The van der Waals surface area contributed by atoms with Crippen LogP contribution in [0, 0.1) is 50.6 Å². The zero-order valence-electron chi connectivity index (χ0n) is 27.9. The maximum Gasteiger partial charge on any atom is 0.339 e. The number of aliphatic carboxylic acids is 1. The van der Waals surface area contributed by atoms with Gasteiger partial charge in [0, 0.05) is 16.9 Å². The first kappa shape index (κ1) is 32.9. The van der Waals surface area contributed by atoms with Crippen molar-refractivity contribution in [3.05, 3.63) is 46.8 Å². The Hall–Kier alpha value is -3.07. The zero-order chi connectivity index (χ0) is 33.8. The third kappa shape index (κ3) is 4.39. The Balaban J connectivity index is 1.33. The summed E-state index contributed by atoms with van der Waals surface area (Å²) in [6, 6.07) is 3.03. The highest BCUT2D eigenvalue weighted by Gasteiger charge is 2.71. The van der Waals surface area contributed by atoms with Crippen molar-refractivity contribution in [1.82, 2.24) is 0 Å². The first-order chi connectivity index (χ1) is 21.2. The molecule has 9 heteroatoms. The normalized spacial score (nSPS) is 42.8. The predicted molar refractivity (Wildman–Crippen MR) is 168 cm³/mol. The molecule has 46 heavy (non-hydrogen) atoms. The number of ether oxygens (including phenoxy) is 1. The topological polar surface area (TPSA) is 144 Å². The summed E-state index contributed by atoms with van der Waals surface area (Å²) in [6.07, 6.45) is 7.42. The molecule has 0 radical (unpaired) electrons. The summed E-state index contributed by atoms with van der Waals surface area (Å²) in [5.74, 6) is -4.08. The number of fused-ring (bicyclic) bond motifs is 7. The zero-order valence-corrected chi connectivity index (χ0v) is 27.9. The van der Waals surface area contributed by atoms with Gasteiger partial charge in [-0.15, -0.1) is 0 Å². The standard InChI is InChI=1S/C37H48FNO7/c1-32(2)26-9-12-36(6)28(35(26,5)11-10-27(32)46-30(43)21-8-7-20(38)17-22(21)29(41)42)25(40)18-23-24-19-34(4,31(44)45)14-13-33(24,3)15-16-37(23,36)39/h7-8,17-18,24,26-28H,9-16,19,39H2,1-6H3,(H,41,42)(H,44,45)/t24-,26-,27-,28+,33+,34-,35-,36+,37-/m0/s1. The van der Waals surface area contributed by atoms with E-state index < -0.39 is 62.6 Å². The van der Waals surface area contributed by atoms with Crippen LogP contribution in [0.25, 0.3) is 0 Å². The molecule has 9 atom stereocenters. The molecule has 4 fully saturated rings. The molecule has 0 unspecified atom stereocenters. The molecule has 1 aromatic rings. The second kappa shape index (κ2) is 10.2. The van der Waals surface area contributed by atoms with E-state index in [-0.39, 0.29) is 34.5 Å². The van der Waals surface area contributed by atoms with Gasteiger partial charge in [-0.2, -0.15) is 0 Å². The highest BCUT2D eigenvalue weighted by molar-refractivity contribution is 6.02. The summed E-state index contributed by atoms with van der Waals surface area (Å²) in [5.41, 5.74) is 4.73. The molecule has 250 valence electrons. The van der Waals surface area contributed by atoms with Gasteiger partial charge in [-0.05, 0) is 123 Å². The Morgan fingerprint density at radius 3 is 2.24 bits per heavy atom. The summed E-state index contributed by atoms with van der Waals surface area (Å²) >= 11 is 0. The molecule has 0 saturated heterocycles. The highest BCUT2D eigenvalue weighted by atomic mass is 19.1. The van der Waals surface area contributed by atoms with Crippen molar-refractivity contribution in [3.8, 4) is 0 Å². The average Bonchev–Trinajstić information content (AvgIpc) is 2.96. The molecule has 1 aromatic carbocycles. The molecule has 8 nitrogen and oxygen atoms in total. The number of hydrogen-bond acceptors (Lipinski definition) is 6. The first-order valence-corrected chi connectivity index (χ1v) is 16.8. The van der Waals surface area contributed by atoms with Gasteiger partial charge >= 0.3 is 17.9 Å². The van der Waals surface area contributed by atoms with Gasteiger partial charge in [0.05, 0.1) is 16.5 Å². The summed E-state index contributed by atoms with van der Waals surface area (Å²) in [6.45, 7) is 12.6. The number of esters is 1. The van der Waals surface area contributed by atoms with Gasteiger partial charge in [-0.1, -0.05) is 34.6 Å². The smallest absolute Gasteiger partial charge is 0.339 e. The maximum atomic E-state index is 14.5. The van der Waals surface area contributed by atoms with Crippen molar-refractivity contribution in [3.63, 3.8) is 0 Å².